The minimum absolute atomic E-state index is 0.0370. The van der Waals surface area contributed by atoms with Gasteiger partial charge in [0, 0.05) is 19.4 Å². The number of thiophene rings is 1. The maximum atomic E-state index is 12.1. The highest BCUT2D eigenvalue weighted by Gasteiger charge is 2.26. The molecule has 0 aromatic carbocycles. The molecule has 6 nitrogen and oxygen atoms in total. The highest BCUT2D eigenvalue weighted by molar-refractivity contribution is 7.13. The van der Waals surface area contributed by atoms with Crippen molar-refractivity contribution >= 4 is 17.2 Å². The molecule has 22 heavy (non-hydrogen) atoms. The van der Waals surface area contributed by atoms with Crippen LogP contribution in [0.15, 0.2) is 22.0 Å². The summed E-state index contributed by atoms with van der Waals surface area (Å²) in [5, 5.41) is 8.92. The van der Waals surface area contributed by atoms with Gasteiger partial charge in [0.1, 0.15) is 0 Å². The number of rotatable bonds is 8. The van der Waals surface area contributed by atoms with Crippen molar-refractivity contribution in [2.45, 2.75) is 45.1 Å². The SMILES string of the molecule is CCC(CC)(CN)NC(=O)CCc1nc(-c2cccs2)no1. The second-order valence-corrected chi connectivity index (χ2v) is 6.18. The first-order valence-corrected chi connectivity index (χ1v) is 8.38. The third-order valence-electron chi connectivity index (χ3n) is 3.92. The van der Waals surface area contributed by atoms with Crippen molar-refractivity contribution in [3.63, 3.8) is 0 Å². The second-order valence-electron chi connectivity index (χ2n) is 5.23. The zero-order valence-electron chi connectivity index (χ0n) is 13.0. The fourth-order valence-corrected chi connectivity index (χ4v) is 2.86. The van der Waals surface area contributed by atoms with E-state index in [4.69, 9.17) is 10.3 Å². The molecule has 0 unspecified atom stereocenters. The summed E-state index contributed by atoms with van der Waals surface area (Å²) in [5.41, 5.74) is 5.48. The molecule has 0 spiro atoms. The van der Waals surface area contributed by atoms with Crippen molar-refractivity contribution in [2.24, 2.45) is 5.73 Å². The largest absolute Gasteiger partial charge is 0.349 e. The molecule has 0 radical (unpaired) electrons. The van der Waals surface area contributed by atoms with Crippen LogP contribution in [0.2, 0.25) is 0 Å². The van der Waals surface area contributed by atoms with Crippen LogP contribution in [0.3, 0.4) is 0 Å². The van der Waals surface area contributed by atoms with Crippen molar-refractivity contribution in [1.29, 1.82) is 0 Å². The quantitative estimate of drug-likeness (QED) is 0.778. The lowest BCUT2D eigenvalue weighted by Gasteiger charge is -2.31. The van der Waals surface area contributed by atoms with E-state index >= 15 is 0 Å². The molecule has 0 aliphatic carbocycles. The van der Waals surface area contributed by atoms with Gasteiger partial charge in [0.25, 0.3) is 0 Å². The van der Waals surface area contributed by atoms with E-state index in [1.807, 2.05) is 31.4 Å². The van der Waals surface area contributed by atoms with E-state index in [1.165, 1.54) is 0 Å². The molecule has 0 saturated heterocycles. The van der Waals surface area contributed by atoms with Crippen LogP contribution in [-0.4, -0.2) is 28.1 Å². The summed E-state index contributed by atoms with van der Waals surface area (Å²) >= 11 is 1.55. The third kappa shape index (κ3) is 3.92. The number of carbonyl (C=O) groups is 1. The Bertz CT molecular complexity index is 582. The monoisotopic (exact) mass is 322 g/mol. The van der Waals surface area contributed by atoms with Gasteiger partial charge in [-0.05, 0) is 24.3 Å². The predicted molar refractivity (Wildman–Crippen MR) is 86.4 cm³/mol. The maximum absolute atomic E-state index is 12.1. The highest BCUT2D eigenvalue weighted by Crippen LogP contribution is 2.21. The lowest BCUT2D eigenvalue weighted by molar-refractivity contribution is -0.123. The average molecular weight is 322 g/mol. The minimum atomic E-state index is -0.311. The van der Waals surface area contributed by atoms with E-state index in [9.17, 15) is 4.79 Å². The van der Waals surface area contributed by atoms with E-state index in [0.717, 1.165) is 17.7 Å². The number of nitrogens with two attached hydrogens (primary N) is 1. The van der Waals surface area contributed by atoms with Gasteiger partial charge in [-0.3, -0.25) is 4.79 Å². The maximum Gasteiger partial charge on any atom is 0.227 e. The Morgan fingerprint density at radius 3 is 2.82 bits per heavy atom. The molecule has 2 heterocycles. The van der Waals surface area contributed by atoms with Crippen LogP contribution in [0.5, 0.6) is 0 Å². The summed E-state index contributed by atoms with van der Waals surface area (Å²) in [6.07, 6.45) is 2.37. The summed E-state index contributed by atoms with van der Waals surface area (Å²) in [6, 6.07) is 3.87. The van der Waals surface area contributed by atoms with E-state index in [0.29, 0.717) is 31.1 Å². The molecule has 0 bridgehead atoms. The number of hydrogen-bond acceptors (Lipinski definition) is 6. The van der Waals surface area contributed by atoms with Crippen LogP contribution < -0.4 is 11.1 Å². The Kier molecular flexibility index (Phi) is 5.68. The molecule has 120 valence electrons. The number of aryl methyl sites for hydroxylation is 1. The van der Waals surface area contributed by atoms with Crippen molar-refractivity contribution in [3.8, 4) is 10.7 Å². The van der Waals surface area contributed by atoms with E-state index in [2.05, 4.69) is 15.5 Å². The fraction of sp³-hybridized carbons (Fsp3) is 0.533. The van der Waals surface area contributed by atoms with E-state index in [1.54, 1.807) is 11.3 Å². The van der Waals surface area contributed by atoms with Crippen LogP contribution in [0.25, 0.3) is 10.7 Å². The normalized spacial score (nSPS) is 11.6. The van der Waals surface area contributed by atoms with Gasteiger partial charge in [0.15, 0.2) is 0 Å². The lowest BCUT2D eigenvalue weighted by Crippen LogP contribution is -2.52. The Morgan fingerprint density at radius 1 is 1.45 bits per heavy atom. The smallest absolute Gasteiger partial charge is 0.227 e. The Morgan fingerprint density at radius 2 is 2.23 bits per heavy atom. The molecular formula is C15H22N4O2S. The minimum Gasteiger partial charge on any atom is -0.349 e. The van der Waals surface area contributed by atoms with Gasteiger partial charge >= 0.3 is 0 Å². The zero-order chi connectivity index (χ0) is 16.0. The summed E-state index contributed by atoms with van der Waals surface area (Å²) in [4.78, 5) is 17.4. The second kappa shape index (κ2) is 7.51. The first-order valence-electron chi connectivity index (χ1n) is 7.50. The van der Waals surface area contributed by atoms with Crippen molar-refractivity contribution in [3.05, 3.63) is 23.4 Å². The summed E-state index contributed by atoms with van der Waals surface area (Å²) in [5.74, 6) is 1.01. The fourth-order valence-electron chi connectivity index (χ4n) is 2.21. The predicted octanol–water partition coefficient (Wildman–Crippen LogP) is 2.36. The molecule has 7 heteroatoms. The molecule has 0 aliphatic rings. The number of carbonyl (C=O) groups excluding carboxylic acids is 1. The number of nitrogens with zero attached hydrogens (tertiary/aromatic N) is 2. The van der Waals surface area contributed by atoms with Crippen molar-refractivity contribution in [2.75, 3.05) is 6.54 Å². The topological polar surface area (TPSA) is 94.0 Å². The Balaban J connectivity index is 1.89. The summed E-state index contributed by atoms with van der Waals surface area (Å²) in [6.45, 7) is 4.50. The first-order chi connectivity index (χ1) is 10.6. The zero-order valence-corrected chi connectivity index (χ0v) is 13.8. The van der Waals surface area contributed by atoms with Crippen LogP contribution in [0.4, 0.5) is 0 Å². The molecule has 0 aliphatic heterocycles. The molecule has 2 rings (SSSR count). The van der Waals surface area contributed by atoms with E-state index < -0.39 is 0 Å². The van der Waals surface area contributed by atoms with Gasteiger partial charge in [-0.1, -0.05) is 25.1 Å². The van der Waals surface area contributed by atoms with Gasteiger partial charge < -0.3 is 15.6 Å². The number of amides is 1. The number of nitrogens with one attached hydrogen (secondary N) is 1. The van der Waals surface area contributed by atoms with Crippen LogP contribution in [0.1, 0.15) is 39.0 Å². The van der Waals surface area contributed by atoms with Crippen LogP contribution in [-0.2, 0) is 11.2 Å². The molecule has 0 atom stereocenters. The van der Waals surface area contributed by atoms with Gasteiger partial charge in [0.2, 0.25) is 17.6 Å². The lowest BCUT2D eigenvalue weighted by atomic mass is 9.92. The third-order valence-corrected chi connectivity index (χ3v) is 4.79. The number of aromatic nitrogens is 2. The Hall–Kier alpha value is -1.73. The van der Waals surface area contributed by atoms with Crippen LogP contribution in [0, 0.1) is 0 Å². The molecule has 3 N–H and O–H groups in total. The average Bonchev–Trinajstić information content (AvgIpc) is 3.21. The van der Waals surface area contributed by atoms with Crippen molar-refractivity contribution in [1.82, 2.24) is 15.5 Å². The molecule has 0 fully saturated rings. The van der Waals surface area contributed by atoms with Gasteiger partial charge in [-0.25, -0.2) is 0 Å². The highest BCUT2D eigenvalue weighted by atomic mass is 32.1. The van der Waals surface area contributed by atoms with E-state index in [-0.39, 0.29) is 11.4 Å². The van der Waals surface area contributed by atoms with Gasteiger partial charge in [-0.15, -0.1) is 11.3 Å². The van der Waals surface area contributed by atoms with Crippen LogP contribution >= 0.6 is 11.3 Å². The van der Waals surface area contributed by atoms with Gasteiger partial charge in [-0.2, -0.15) is 4.98 Å². The summed E-state index contributed by atoms with van der Waals surface area (Å²) < 4.78 is 5.19. The molecule has 1 amide bonds. The molecule has 0 saturated carbocycles. The Labute approximate surface area is 134 Å². The number of hydrogen-bond donors (Lipinski definition) is 2. The molecular weight excluding hydrogens is 300 g/mol. The first kappa shape index (κ1) is 16.6. The van der Waals surface area contributed by atoms with Gasteiger partial charge in [0.05, 0.1) is 10.4 Å². The summed E-state index contributed by atoms with van der Waals surface area (Å²) in [7, 11) is 0. The standard InChI is InChI=1S/C15H22N4O2S/c1-3-15(4-2,10-16)18-12(20)7-8-13-17-14(19-21-13)11-6-5-9-22-11/h5-6,9H,3-4,7-8,10,16H2,1-2H3,(H,18,20). The molecule has 2 aromatic heterocycles. The van der Waals surface area contributed by atoms with Crippen molar-refractivity contribution < 1.29 is 9.32 Å². The molecule has 2 aromatic rings.